The summed E-state index contributed by atoms with van der Waals surface area (Å²) >= 11 is 0. The minimum absolute atomic E-state index is 0.233. The van der Waals surface area contributed by atoms with Crippen LogP contribution in [0, 0.1) is 5.92 Å². The highest BCUT2D eigenvalue weighted by Gasteiger charge is 2.18. The van der Waals surface area contributed by atoms with E-state index in [9.17, 15) is 4.79 Å². The Balaban J connectivity index is 1.91. The van der Waals surface area contributed by atoms with Crippen LogP contribution >= 0.6 is 0 Å². The summed E-state index contributed by atoms with van der Waals surface area (Å²) in [5, 5.41) is 7.97. The number of carbonyl (C=O) groups excluding carboxylic acids is 1. The third-order valence-electron chi connectivity index (χ3n) is 3.85. The molecule has 0 aliphatic carbocycles. The second-order valence-corrected chi connectivity index (χ2v) is 6.48. The molecule has 0 fully saturated rings. The molecule has 3 rings (SSSR count). The third-order valence-corrected chi connectivity index (χ3v) is 3.85. The van der Waals surface area contributed by atoms with Gasteiger partial charge in [-0.1, -0.05) is 13.8 Å². The Hall–Kier alpha value is -2.96. The Morgan fingerprint density at radius 1 is 1.32 bits per heavy atom. The summed E-state index contributed by atoms with van der Waals surface area (Å²) < 4.78 is 1.57. The summed E-state index contributed by atoms with van der Waals surface area (Å²) in [5.41, 5.74) is 1.68. The number of pyridine rings is 2. The van der Waals surface area contributed by atoms with Crippen molar-refractivity contribution in [2.45, 2.75) is 13.8 Å². The summed E-state index contributed by atoms with van der Waals surface area (Å²) in [6.45, 7) is 5.23. The van der Waals surface area contributed by atoms with Gasteiger partial charge in [-0.3, -0.25) is 14.5 Å². The van der Waals surface area contributed by atoms with Gasteiger partial charge >= 0.3 is 0 Å². The average Bonchev–Trinajstić information content (AvgIpc) is 2.90. The quantitative estimate of drug-likeness (QED) is 0.774. The average molecular weight is 338 g/mol. The molecule has 0 atom stereocenters. The van der Waals surface area contributed by atoms with Crippen molar-refractivity contribution >= 4 is 28.4 Å². The highest BCUT2D eigenvalue weighted by Crippen LogP contribution is 2.21. The number of aryl methyl sites for hydroxylation is 1. The highest BCUT2D eigenvalue weighted by atomic mass is 16.2. The normalized spacial score (nSPS) is 11.1. The monoisotopic (exact) mass is 338 g/mol. The van der Waals surface area contributed by atoms with Crippen LogP contribution in [0.15, 0.2) is 36.7 Å². The number of amides is 1. The van der Waals surface area contributed by atoms with Gasteiger partial charge in [-0.15, -0.1) is 0 Å². The summed E-state index contributed by atoms with van der Waals surface area (Å²) in [7, 11) is 3.75. The van der Waals surface area contributed by atoms with Gasteiger partial charge in [-0.25, -0.2) is 4.98 Å². The Morgan fingerprint density at radius 3 is 2.80 bits per heavy atom. The van der Waals surface area contributed by atoms with Gasteiger partial charge in [0.05, 0.1) is 17.3 Å². The largest absolute Gasteiger partial charge is 0.359 e. The van der Waals surface area contributed by atoms with Crippen molar-refractivity contribution in [1.82, 2.24) is 19.7 Å². The molecule has 3 aromatic heterocycles. The maximum absolute atomic E-state index is 12.6. The fourth-order valence-corrected chi connectivity index (χ4v) is 2.82. The molecule has 0 spiro atoms. The number of fused-ring (bicyclic) bond motifs is 1. The minimum atomic E-state index is -0.233. The van der Waals surface area contributed by atoms with E-state index in [2.05, 4.69) is 39.1 Å². The van der Waals surface area contributed by atoms with Crippen LogP contribution in [-0.4, -0.2) is 39.2 Å². The Kier molecular flexibility index (Phi) is 4.65. The molecule has 7 heteroatoms. The van der Waals surface area contributed by atoms with Crippen LogP contribution in [0.2, 0.25) is 0 Å². The molecule has 0 saturated carbocycles. The lowest BCUT2D eigenvalue weighted by Gasteiger charge is -2.20. The molecule has 0 saturated heterocycles. The lowest BCUT2D eigenvalue weighted by atomic mass is 10.2. The molecule has 0 radical (unpaired) electrons. The molecule has 130 valence electrons. The van der Waals surface area contributed by atoms with E-state index in [0.717, 1.165) is 17.7 Å². The van der Waals surface area contributed by atoms with Crippen LogP contribution in [0.1, 0.15) is 24.3 Å². The fourth-order valence-electron chi connectivity index (χ4n) is 2.82. The molecule has 25 heavy (non-hydrogen) atoms. The van der Waals surface area contributed by atoms with E-state index in [1.807, 2.05) is 19.2 Å². The SMILES string of the molecule is CC(C)CN(C)c1ccc2c(C(=O)Nc3cccnc3)n(C)nc2n1. The molecule has 0 aromatic carbocycles. The van der Waals surface area contributed by atoms with Crippen molar-refractivity contribution in [3.8, 4) is 0 Å². The van der Waals surface area contributed by atoms with Crippen molar-refractivity contribution in [2.24, 2.45) is 13.0 Å². The van der Waals surface area contributed by atoms with Crippen molar-refractivity contribution in [1.29, 1.82) is 0 Å². The van der Waals surface area contributed by atoms with Gasteiger partial charge in [-0.2, -0.15) is 5.10 Å². The predicted octanol–water partition coefficient (Wildman–Crippen LogP) is 2.71. The van der Waals surface area contributed by atoms with Crippen LogP contribution < -0.4 is 10.2 Å². The number of nitrogens with one attached hydrogen (secondary N) is 1. The van der Waals surface area contributed by atoms with Crippen LogP contribution in [0.3, 0.4) is 0 Å². The number of nitrogens with zero attached hydrogens (tertiary/aromatic N) is 5. The molecule has 1 N–H and O–H groups in total. The molecule has 0 aliphatic rings. The van der Waals surface area contributed by atoms with Crippen LogP contribution in [0.4, 0.5) is 11.5 Å². The Labute approximate surface area is 146 Å². The van der Waals surface area contributed by atoms with Crippen molar-refractivity contribution in [3.63, 3.8) is 0 Å². The molecular formula is C18H22N6O. The fraction of sp³-hybridized carbons (Fsp3) is 0.333. The summed E-state index contributed by atoms with van der Waals surface area (Å²) in [6, 6.07) is 7.39. The zero-order valence-corrected chi connectivity index (χ0v) is 14.9. The summed E-state index contributed by atoms with van der Waals surface area (Å²) in [5.74, 6) is 1.15. The molecule has 0 unspecified atom stereocenters. The summed E-state index contributed by atoms with van der Waals surface area (Å²) in [4.78, 5) is 23.3. The van der Waals surface area contributed by atoms with Gasteiger partial charge in [0, 0.05) is 26.8 Å². The maximum atomic E-state index is 12.6. The zero-order valence-electron chi connectivity index (χ0n) is 14.9. The molecule has 3 heterocycles. The molecule has 3 aromatic rings. The second kappa shape index (κ2) is 6.88. The van der Waals surface area contributed by atoms with Gasteiger partial charge in [0.25, 0.3) is 5.91 Å². The second-order valence-electron chi connectivity index (χ2n) is 6.48. The topological polar surface area (TPSA) is 75.9 Å². The first-order valence-electron chi connectivity index (χ1n) is 8.22. The molecule has 0 bridgehead atoms. The minimum Gasteiger partial charge on any atom is -0.359 e. The van der Waals surface area contributed by atoms with Crippen LogP contribution in [0.5, 0.6) is 0 Å². The summed E-state index contributed by atoms with van der Waals surface area (Å²) in [6.07, 6.45) is 3.27. The van der Waals surface area contributed by atoms with Gasteiger partial charge in [0.2, 0.25) is 0 Å². The van der Waals surface area contributed by atoms with E-state index in [1.54, 1.807) is 36.3 Å². The number of hydrogen-bond donors (Lipinski definition) is 1. The highest BCUT2D eigenvalue weighted by molar-refractivity contribution is 6.10. The molecule has 1 amide bonds. The first-order valence-corrected chi connectivity index (χ1v) is 8.22. The number of rotatable bonds is 5. The standard InChI is InChI=1S/C18H22N6O/c1-12(2)11-23(3)15-8-7-14-16(24(4)22-17(14)21-15)18(25)20-13-6-5-9-19-10-13/h5-10,12H,11H2,1-4H3,(H,20,25). The van der Waals surface area contributed by atoms with Gasteiger partial charge in [-0.05, 0) is 30.2 Å². The van der Waals surface area contributed by atoms with E-state index < -0.39 is 0 Å². The lowest BCUT2D eigenvalue weighted by Crippen LogP contribution is -2.23. The zero-order chi connectivity index (χ0) is 18.0. The number of hydrogen-bond acceptors (Lipinski definition) is 5. The molecule has 0 aliphatic heterocycles. The van der Waals surface area contributed by atoms with Gasteiger partial charge in [0.15, 0.2) is 5.65 Å². The van der Waals surface area contributed by atoms with E-state index in [4.69, 9.17) is 0 Å². The van der Waals surface area contributed by atoms with Crippen LogP contribution in [-0.2, 0) is 7.05 Å². The van der Waals surface area contributed by atoms with E-state index >= 15 is 0 Å². The Bertz CT molecular complexity index is 887. The van der Waals surface area contributed by atoms with E-state index in [0.29, 0.717) is 22.9 Å². The predicted molar refractivity (Wildman–Crippen MR) is 98.8 cm³/mol. The van der Waals surface area contributed by atoms with Crippen molar-refractivity contribution < 1.29 is 4.79 Å². The number of carbonyl (C=O) groups is 1. The van der Waals surface area contributed by atoms with Gasteiger partial charge in [0.1, 0.15) is 11.5 Å². The number of aromatic nitrogens is 4. The number of anilines is 2. The smallest absolute Gasteiger partial charge is 0.274 e. The third kappa shape index (κ3) is 3.60. The first-order chi connectivity index (χ1) is 12.0. The van der Waals surface area contributed by atoms with Crippen molar-refractivity contribution in [2.75, 3.05) is 23.8 Å². The first kappa shape index (κ1) is 16.9. The Morgan fingerprint density at radius 2 is 2.12 bits per heavy atom. The van der Waals surface area contributed by atoms with Gasteiger partial charge < -0.3 is 10.2 Å². The van der Waals surface area contributed by atoms with Crippen LogP contribution in [0.25, 0.3) is 11.0 Å². The van der Waals surface area contributed by atoms with E-state index in [-0.39, 0.29) is 5.91 Å². The molecule has 7 nitrogen and oxygen atoms in total. The van der Waals surface area contributed by atoms with E-state index in [1.165, 1.54) is 0 Å². The molecular weight excluding hydrogens is 316 g/mol. The lowest BCUT2D eigenvalue weighted by molar-refractivity contribution is 0.101. The van der Waals surface area contributed by atoms with Crippen molar-refractivity contribution in [3.05, 3.63) is 42.4 Å². The maximum Gasteiger partial charge on any atom is 0.274 e.